The van der Waals surface area contributed by atoms with Crippen molar-refractivity contribution in [3.05, 3.63) is 23.8 Å². The van der Waals surface area contributed by atoms with E-state index in [0.29, 0.717) is 5.56 Å². The number of rotatable bonds is 11. The molecule has 1 aliphatic rings. The van der Waals surface area contributed by atoms with Crippen molar-refractivity contribution < 1.29 is 61.1 Å². The highest BCUT2D eigenvalue weighted by atomic mass is 31.2. The molecule has 1 fully saturated rings. The van der Waals surface area contributed by atoms with E-state index < -0.39 is 59.7 Å². The van der Waals surface area contributed by atoms with Gasteiger partial charge in [0.2, 0.25) is 7.37 Å². The first-order valence-corrected chi connectivity index (χ1v) is 16.3. The maximum absolute atomic E-state index is 14.1. The lowest BCUT2D eigenvalue weighted by molar-refractivity contribution is -0.275. The number of imide groups is 1. The Kier molecular flexibility index (Phi) is 12.4. The molecular weight excluding hydrogens is 624 g/mol. The minimum atomic E-state index is -5.04. The van der Waals surface area contributed by atoms with Gasteiger partial charge in [0.1, 0.15) is 11.2 Å². The number of carbonyl (C=O) groups is 3. The van der Waals surface area contributed by atoms with Crippen LogP contribution in [0, 0.1) is 0 Å². The van der Waals surface area contributed by atoms with Crippen molar-refractivity contribution in [2.75, 3.05) is 32.4 Å². The van der Waals surface area contributed by atoms with E-state index in [1.165, 1.54) is 6.07 Å². The Hall–Kier alpha value is -3.03. The largest absolute Gasteiger partial charge is 0.573 e. The number of carbonyl (C=O) groups excluding carboxylic acids is 2. The molecule has 0 bridgehead atoms. The summed E-state index contributed by atoms with van der Waals surface area (Å²) in [4.78, 5) is 41.0. The molecule has 12 nitrogen and oxygen atoms in total. The second kappa shape index (κ2) is 14.6. The average Bonchev–Trinajstić information content (AvgIpc) is 2.84. The predicted octanol–water partition coefficient (Wildman–Crippen LogP) is 6.59. The normalized spacial score (nSPS) is 21.2. The highest BCUT2D eigenvalue weighted by molar-refractivity contribution is 7.62. The smallest absolute Gasteiger partial charge is 0.504 e. The van der Waals surface area contributed by atoms with Crippen LogP contribution in [0.4, 0.5) is 22.8 Å². The number of nitrogens with zero attached hydrogens (tertiary/aromatic N) is 2. The number of aromatic hydroxyl groups is 1. The average molecular weight is 669 g/mol. The van der Waals surface area contributed by atoms with Crippen LogP contribution >= 0.6 is 7.37 Å². The monoisotopic (exact) mass is 668 g/mol. The van der Waals surface area contributed by atoms with Gasteiger partial charge in [-0.05, 0) is 85.4 Å². The first kappa shape index (κ1) is 38.2. The van der Waals surface area contributed by atoms with E-state index in [4.69, 9.17) is 14.0 Å². The van der Waals surface area contributed by atoms with Crippen molar-refractivity contribution in [2.24, 2.45) is 0 Å². The van der Waals surface area contributed by atoms with E-state index in [1.54, 1.807) is 53.4 Å². The Bertz CT molecular complexity index is 1230. The van der Waals surface area contributed by atoms with Crippen molar-refractivity contribution in [3.8, 4) is 11.5 Å². The van der Waals surface area contributed by atoms with Crippen molar-refractivity contribution >= 4 is 25.5 Å². The Morgan fingerprint density at radius 3 is 2.09 bits per heavy atom. The van der Waals surface area contributed by atoms with E-state index in [1.807, 2.05) is 0 Å². The first-order chi connectivity index (χ1) is 20.5. The summed E-state index contributed by atoms with van der Waals surface area (Å²) in [6.07, 6.45) is -6.94. The fraction of sp³-hybridized carbons (Fsp3) is 0.690. The van der Waals surface area contributed by atoms with E-state index >= 15 is 0 Å². The summed E-state index contributed by atoms with van der Waals surface area (Å²) in [6.45, 7) is 11.1. The lowest BCUT2D eigenvalue weighted by Crippen LogP contribution is -2.54. The zero-order chi connectivity index (χ0) is 34.4. The topological polar surface area (TPSA) is 152 Å². The van der Waals surface area contributed by atoms with E-state index in [9.17, 15) is 42.3 Å². The fourth-order valence-corrected chi connectivity index (χ4v) is 7.82. The maximum Gasteiger partial charge on any atom is 0.573 e. The minimum absolute atomic E-state index is 0.00647. The molecule has 2 rings (SSSR count). The zero-order valence-corrected chi connectivity index (χ0v) is 27.6. The molecule has 16 heteroatoms. The standard InChI is InChI=1S/C29H44F3N2O10P/c1-8-41-45(40)16-15-33(18-20-11-12-21(35)22(17-20)42-29(30,31)32)19-28(45,23(36)37)13-9-10-14-34(24(38)43-26(2,3)4)25(39)44-27(5,6)7/h11-12,17,35H,8-10,13-16,18-19H2,1-7H3,(H,36,37). The maximum atomic E-state index is 14.1. The minimum Gasteiger partial charge on any atom is -0.504 e. The summed E-state index contributed by atoms with van der Waals surface area (Å²) >= 11 is 0. The molecule has 1 aliphatic heterocycles. The number of unbranched alkanes of at least 4 members (excludes halogenated alkanes) is 1. The Morgan fingerprint density at radius 2 is 1.60 bits per heavy atom. The van der Waals surface area contributed by atoms with Crippen LogP contribution in [0.15, 0.2) is 18.2 Å². The summed E-state index contributed by atoms with van der Waals surface area (Å²) in [5, 5.41) is 18.4. The lowest BCUT2D eigenvalue weighted by Gasteiger charge is -2.45. The van der Waals surface area contributed by atoms with Crippen molar-refractivity contribution in [2.45, 2.75) is 97.0 Å². The van der Waals surface area contributed by atoms with Crippen LogP contribution < -0.4 is 4.74 Å². The number of carboxylic acids is 1. The van der Waals surface area contributed by atoms with Crippen LogP contribution in [0.2, 0.25) is 0 Å². The summed E-state index contributed by atoms with van der Waals surface area (Å²) in [5.41, 5.74) is -1.51. The van der Waals surface area contributed by atoms with Crippen molar-refractivity contribution in [1.82, 2.24) is 9.80 Å². The highest BCUT2D eigenvalue weighted by Gasteiger charge is 2.58. The predicted molar refractivity (Wildman–Crippen MR) is 158 cm³/mol. The van der Waals surface area contributed by atoms with Gasteiger partial charge in [0, 0.05) is 32.3 Å². The number of alkyl halides is 3. The Balaban J connectivity index is 2.28. The molecule has 0 aromatic heterocycles. The molecule has 1 aromatic carbocycles. The number of halogens is 3. The number of benzene rings is 1. The SMILES string of the molecule is CCOP1(=O)CCN(Cc2ccc(O)c(OC(F)(F)F)c2)CC1(CCCCN(C(=O)OC(C)(C)C)C(=O)OC(C)(C)C)C(=O)O. The number of phenolic OH excluding ortho intramolecular Hbond substituents is 1. The number of carboxylic acid groups (broad SMARTS) is 1. The Morgan fingerprint density at radius 1 is 1.02 bits per heavy atom. The molecular formula is C29H44F3N2O10P. The van der Waals surface area contributed by atoms with E-state index in [2.05, 4.69) is 4.74 Å². The molecule has 0 saturated carbocycles. The van der Waals surface area contributed by atoms with Crippen LogP contribution in [0.1, 0.15) is 73.3 Å². The second-order valence-electron chi connectivity index (χ2n) is 12.8. The number of phenols is 1. The number of hydrogen-bond acceptors (Lipinski definition) is 10. The lowest BCUT2D eigenvalue weighted by atomic mass is 9.99. The quantitative estimate of drug-likeness (QED) is 0.194. The number of aliphatic carboxylic acids is 1. The van der Waals surface area contributed by atoms with E-state index in [-0.39, 0.29) is 58.2 Å². The van der Waals surface area contributed by atoms with Gasteiger partial charge < -0.3 is 28.9 Å². The molecule has 2 amide bonds. The fourth-order valence-electron chi connectivity index (χ4n) is 4.85. The highest BCUT2D eigenvalue weighted by Crippen LogP contribution is 2.63. The third-order valence-corrected chi connectivity index (χ3v) is 10.0. The van der Waals surface area contributed by atoms with Crippen molar-refractivity contribution in [1.29, 1.82) is 0 Å². The van der Waals surface area contributed by atoms with Gasteiger partial charge in [0.05, 0.1) is 6.61 Å². The first-order valence-electron chi connectivity index (χ1n) is 14.5. The van der Waals surface area contributed by atoms with Gasteiger partial charge >= 0.3 is 24.5 Å². The second-order valence-corrected chi connectivity index (χ2v) is 15.7. The van der Waals surface area contributed by atoms with Gasteiger partial charge in [-0.15, -0.1) is 13.2 Å². The summed E-state index contributed by atoms with van der Waals surface area (Å²) in [7, 11) is -3.81. The summed E-state index contributed by atoms with van der Waals surface area (Å²) in [5.74, 6) is -2.89. The molecule has 2 atom stereocenters. The van der Waals surface area contributed by atoms with Crippen LogP contribution in [0.25, 0.3) is 0 Å². The molecule has 2 N–H and O–H groups in total. The molecule has 2 unspecified atom stereocenters. The number of hydrogen-bond donors (Lipinski definition) is 2. The molecule has 0 aliphatic carbocycles. The molecule has 256 valence electrons. The third-order valence-electron chi connectivity index (χ3n) is 6.69. The summed E-state index contributed by atoms with van der Waals surface area (Å²) < 4.78 is 72.6. The molecule has 1 heterocycles. The van der Waals surface area contributed by atoms with Gasteiger partial charge in [0.15, 0.2) is 16.7 Å². The van der Waals surface area contributed by atoms with Gasteiger partial charge in [-0.25, -0.2) is 14.5 Å². The van der Waals surface area contributed by atoms with Gasteiger partial charge in [-0.2, -0.15) is 0 Å². The summed E-state index contributed by atoms with van der Waals surface area (Å²) in [6, 6.07) is 3.42. The van der Waals surface area contributed by atoms with Gasteiger partial charge in [0.25, 0.3) is 0 Å². The third kappa shape index (κ3) is 11.1. The van der Waals surface area contributed by atoms with Crippen LogP contribution in [0.3, 0.4) is 0 Å². The van der Waals surface area contributed by atoms with Crippen LogP contribution in [0.5, 0.6) is 11.5 Å². The molecule has 0 radical (unpaired) electrons. The van der Waals surface area contributed by atoms with Crippen LogP contribution in [-0.2, 0) is 29.9 Å². The molecule has 1 aromatic rings. The Labute approximate surface area is 261 Å². The van der Waals surface area contributed by atoms with Gasteiger partial charge in [-0.1, -0.05) is 6.07 Å². The number of amides is 2. The number of ether oxygens (including phenoxy) is 3. The van der Waals surface area contributed by atoms with Crippen molar-refractivity contribution in [3.63, 3.8) is 0 Å². The zero-order valence-electron chi connectivity index (χ0n) is 26.7. The van der Waals surface area contributed by atoms with Gasteiger partial charge in [-0.3, -0.25) is 14.3 Å². The molecule has 45 heavy (non-hydrogen) atoms. The van der Waals surface area contributed by atoms with E-state index in [0.717, 1.165) is 17.0 Å². The molecule has 0 spiro atoms. The van der Waals surface area contributed by atoms with Crippen LogP contribution in [-0.4, -0.2) is 93.3 Å². The molecule has 1 saturated heterocycles.